The van der Waals surface area contributed by atoms with Gasteiger partial charge in [0.2, 0.25) is 12.2 Å². The van der Waals surface area contributed by atoms with Gasteiger partial charge in [-0.2, -0.15) is 0 Å². The van der Waals surface area contributed by atoms with E-state index >= 15 is 0 Å². The molecule has 0 atom stereocenters. The number of hydrogen-bond acceptors (Lipinski definition) is 8. The van der Waals surface area contributed by atoms with Crippen molar-refractivity contribution in [2.75, 3.05) is 13.1 Å². The van der Waals surface area contributed by atoms with Gasteiger partial charge in [-0.15, -0.1) is 0 Å². The monoisotopic (exact) mass is 506 g/mol. The summed E-state index contributed by atoms with van der Waals surface area (Å²) in [5.74, 6) is 0.411. The predicted octanol–water partition coefficient (Wildman–Crippen LogP) is 5.62. The van der Waals surface area contributed by atoms with Crippen molar-refractivity contribution in [3.8, 4) is 11.5 Å². The maximum Gasteiger partial charge on any atom is 0.311 e. The van der Waals surface area contributed by atoms with E-state index in [0.717, 1.165) is 36.8 Å². The summed E-state index contributed by atoms with van der Waals surface area (Å²) in [4.78, 5) is 51.2. The summed E-state index contributed by atoms with van der Waals surface area (Å²) in [6.45, 7) is 5.06. The first-order chi connectivity index (χ1) is 17.9. The highest BCUT2D eigenvalue weighted by Gasteiger charge is 2.23. The molecule has 0 saturated carbocycles. The molecule has 8 heteroatoms. The number of carbonyl (C=O) groups excluding carboxylic acids is 4. The molecule has 0 bridgehead atoms. The second-order valence-corrected chi connectivity index (χ2v) is 9.19. The molecule has 0 radical (unpaired) electrons. The number of nitrogens with zero attached hydrogens (tertiary/aromatic N) is 2. The van der Waals surface area contributed by atoms with Gasteiger partial charge < -0.3 is 9.47 Å². The third kappa shape index (κ3) is 10.7. The molecule has 37 heavy (non-hydrogen) atoms. The number of carbonyl (C=O) groups is 2. The normalized spacial score (nSPS) is 10.6. The highest BCUT2D eigenvalue weighted by Crippen LogP contribution is 2.33. The highest BCUT2D eigenvalue weighted by atomic mass is 16.5. The summed E-state index contributed by atoms with van der Waals surface area (Å²) in [5, 5.41) is 0. The second-order valence-electron chi connectivity index (χ2n) is 9.19. The van der Waals surface area contributed by atoms with E-state index in [1.54, 1.807) is 24.3 Å². The molecular weight excluding hydrogens is 472 g/mol. The van der Waals surface area contributed by atoms with Crippen molar-refractivity contribution in [1.29, 1.82) is 0 Å². The number of benzene rings is 2. The second kappa shape index (κ2) is 16.0. The Balaban J connectivity index is 1.84. The van der Waals surface area contributed by atoms with E-state index in [4.69, 9.17) is 9.47 Å². The van der Waals surface area contributed by atoms with Crippen LogP contribution in [-0.2, 0) is 24.6 Å². The van der Waals surface area contributed by atoms with Crippen molar-refractivity contribution >= 4 is 24.1 Å². The molecule has 0 amide bonds. The molecule has 0 aliphatic heterocycles. The Kier molecular flexibility index (Phi) is 12.7. The summed E-state index contributed by atoms with van der Waals surface area (Å²) in [5.41, 5.74) is 1.78. The van der Waals surface area contributed by atoms with E-state index in [1.807, 2.05) is 24.3 Å². The molecule has 0 aliphatic carbocycles. The summed E-state index contributed by atoms with van der Waals surface area (Å²) in [6.07, 6.45) is 8.08. The van der Waals surface area contributed by atoms with E-state index in [9.17, 15) is 19.2 Å². The average Bonchev–Trinajstić information content (AvgIpc) is 2.89. The van der Waals surface area contributed by atoms with Gasteiger partial charge in [-0.05, 0) is 61.1 Å². The summed E-state index contributed by atoms with van der Waals surface area (Å²) in [6, 6.07) is 14.9. The number of aliphatic imine (C=N–C) groups is 2. The van der Waals surface area contributed by atoms with E-state index in [1.165, 1.54) is 12.2 Å². The van der Waals surface area contributed by atoms with Gasteiger partial charge >= 0.3 is 11.9 Å². The third-order valence-corrected chi connectivity index (χ3v) is 6.05. The average molecular weight is 507 g/mol. The zero-order valence-corrected chi connectivity index (χ0v) is 21.5. The number of unbranched alkanes of at least 4 members (excludes halogenated alkanes) is 4. The number of hydrogen-bond donors (Lipinski definition) is 0. The van der Waals surface area contributed by atoms with Crippen LogP contribution < -0.4 is 9.47 Å². The first-order valence-corrected chi connectivity index (χ1v) is 12.6. The van der Waals surface area contributed by atoms with Gasteiger partial charge in [-0.25, -0.2) is 19.6 Å². The van der Waals surface area contributed by atoms with Gasteiger partial charge in [0, 0.05) is 18.3 Å². The van der Waals surface area contributed by atoms with Gasteiger partial charge in [0.1, 0.15) is 11.5 Å². The maximum atomic E-state index is 12.1. The molecule has 0 N–H and O–H groups in total. The zero-order chi connectivity index (χ0) is 26.9. The van der Waals surface area contributed by atoms with Gasteiger partial charge in [0.05, 0.1) is 13.1 Å². The molecule has 0 aromatic heterocycles. The molecule has 2 aromatic rings. The summed E-state index contributed by atoms with van der Waals surface area (Å²) in [7, 11) is 0. The Hall–Kier alpha value is -3.86. The van der Waals surface area contributed by atoms with Crippen LogP contribution in [0, 0.1) is 0 Å². The molecular formula is C29H34N2O6. The van der Waals surface area contributed by atoms with Crippen molar-refractivity contribution in [2.45, 2.75) is 70.6 Å². The fourth-order valence-electron chi connectivity index (χ4n) is 3.78. The van der Waals surface area contributed by atoms with Crippen LogP contribution in [0.5, 0.6) is 11.5 Å². The van der Waals surface area contributed by atoms with E-state index in [2.05, 4.69) is 23.8 Å². The minimum absolute atomic E-state index is 0.289. The fourth-order valence-corrected chi connectivity index (χ4v) is 3.78. The lowest BCUT2D eigenvalue weighted by atomic mass is 9.78. The molecule has 0 heterocycles. The van der Waals surface area contributed by atoms with Crippen LogP contribution in [0.3, 0.4) is 0 Å². The van der Waals surface area contributed by atoms with E-state index in [-0.39, 0.29) is 17.4 Å². The van der Waals surface area contributed by atoms with E-state index < -0.39 is 0 Å². The summed E-state index contributed by atoms with van der Waals surface area (Å²) < 4.78 is 10.9. The predicted molar refractivity (Wildman–Crippen MR) is 139 cm³/mol. The van der Waals surface area contributed by atoms with Crippen molar-refractivity contribution in [3.05, 3.63) is 59.7 Å². The number of rotatable bonds is 16. The molecule has 0 aliphatic rings. The first-order valence-electron chi connectivity index (χ1n) is 12.6. The smallest absolute Gasteiger partial charge is 0.311 e. The van der Waals surface area contributed by atoms with Gasteiger partial charge in [0.25, 0.3) is 0 Å². The molecule has 8 nitrogen and oxygen atoms in total. The van der Waals surface area contributed by atoms with Crippen molar-refractivity contribution in [3.63, 3.8) is 0 Å². The van der Waals surface area contributed by atoms with Crippen molar-refractivity contribution in [2.24, 2.45) is 9.98 Å². The number of ether oxygens (including phenoxy) is 2. The molecule has 0 unspecified atom stereocenters. The Labute approximate surface area is 217 Å². The highest BCUT2D eigenvalue weighted by molar-refractivity contribution is 5.72. The molecule has 196 valence electrons. The third-order valence-electron chi connectivity index (χ3n) is 6.05. The Morgan fingerprint density at radius 2 is 1.03 bits per heavy atom. The van der Waals surface area contributed by atoms with Crippen molar-refractivity contribution < 1.29 is 28.7 Å². The Bertz CT molecular complexity index is 1010. The fraction of sp³-hybridized carbons (Fsp3) is 0.448. The lowest BCUT2D eigenvalue weighted by molar-refractivity contribution is -0.135. The van der Waals surface area contributed by atoms with Crippen LogP contribution in [0.15, 0.2) is 58.5 Å². The lowest BCUT2D eigenvalue weighted by Crippen LogP contribution is -2.19. The molecule has 0 spiro atoms. The standard InChI is InChI=1S/C29H34N2O6/c1-29(2,23-11-15-25(16-12-23)36-27(34)9-5-3-7-19-30-21-32)24-13-17-26(18-14-24)37-28(35)10-6-4-8-20-31-22-33/h11-18H,3-10,19-20H2,1-2H3. The van der Waals surface area contributed by atoms with Crippen LogP contribution in [0.25, 0.3) is 0 Å². The molecule has 0 fully saturated rings. The van der Waals surface area contributed by atoms with Crippen LogP contribution >= 0.6 is 0 Å². The first kappa shape index (κ1) is 29.4. The van der Waals surface area contributed by atoms with Gasteiger partial charge in [-0.3, -0.25) is 9.59 Å². The number of isocyanates is 2. The molecule has 2 aromatic carbocycles. The largest absolute Gasteiger partial charge is 0.427 e. The maximum absolute atomic E-state index is 12.1. The minimum Gasteiger partial charge on any atom is -0.427 e. The molecule has 2 rings (SSSR count). The van der Waals surface area contributed by atoms with Crippen LogP contribution in [0.2, 0.25) is 0 Å². The zero-order valence-electron chi connectivity index (χ0n) is 21.5. The Morgan fingerprint density at radius 1 is 0.649 bits per heavy atom. The van der Waals surface area contributed by atoms with Gasteiger partial charge in [0.15, 0.2) is 0 Å². The minimum atomic E-state index is -0.320. The van der Waals surface area contributed by atoms with Crippen LogP contribution in [0.1, 0.15) is 76.3 Å². The number of esters is 2. The van der Waals surface area contributed by atoms with E-state index in [0.29, 0.717) is 50.3 Å². The quantitative estimate of drug-likeness (QED) is 0.0961. The van der Waals surface area contributed by atoms with Gasteiger partial charge in [-0.1, -0.05) is 51.0 Å². The Morgan fingerprint density at radius 3 is 1.38 bits per heavy atom. The SMILES string of the molecule is CC(C)(c1ccc(OC(=O)CCCCCN=C=O)cc1)c1ccc(OC(=O)CCCCCN=C=O)cc1. The summed E-state index contributed by atoms with van der Waals surface area (Å²) >= 11 is 0. The lowest BCUT2D eigenvalue weighted by Gasteiger charge is -2.26. The molecule has 0 saturated heterocycles. The van der Waals surface area contributed by atoms with Crippen LogP contribution in [-0.4, -0.2) is 37.2 Å². The van der Waals surface area contributed by atoms with Crippen LogP contribution in [0.4, 0.5) is 0 Å². The topological polar surface area (TPSA) is 111 Å². The van der Waals surface area contributed by atoms with Crippen molar-refractivity contribution in [1.82, 2.24) is 0 Å².